The maximum Gasteiger partial charge on any atom is 0.245 e. The van der Waals surface area contributed by atoms with Crippen LogP contribution in [0.3, 0.4) is 0 Å². The molecule has 1 fully saturated rings. The third-order valence-electron chi connectivity index (χ3n) is 2.06. The normalized spacial score (nSPS) is 23.2. The number of amides is 1. The number of hydrogen-bond acceptors (Lipinski definition) is 3. The van der Waals surface area contributed by atoms with Gasteiger partial charge in [-0.25, -0.2) is 5.06 Å². The van der Waals surface area contributed by atoms with Crippen LogP contribution in [0.4, 0.5) is 0 Å². The fraction of sp³-hybridized carbons (Fsp3) is 0.875. The van der Waals surface area contributed by atoms with E-state index >= 15 is 0 Å². The molecule has 1 unspecified atom stereocenters. The lowest BCUT2D eigenvalue weighted by Gasteiger charge is -2.25. The Balaban J connectivity index is 2.49. The summed E-state index contributed by atoms with van der Waals surface area (Å²) in [6, 6.07) is 0.104. The van der Waals surface area contributed by atoms with Crippen molar-refractivity contribution in [1.29, 1.82) is 0 Å². The van der Waals surface area contributed by atoms with Crippen LogP contribution in [-0.4, -0.2) is 37.8 Å². The van der Waals surface area contributed by atoms with Crippen molar-refractivity contribution < 1.29 is 14.4 Å². The quantitative estimate of drug-likeness (QED) is 0.667. The molecule has 1 aliphatic rings. The zero-order valence-corrected chi connectivity index (χ0v) is 9.35. The Labute approximate surface area is 80.2 Å². The maximum absolute atomic E-state index is 11.3. The molecule has 0 aromatic rings. The largest absolute Gasteiger partial charge is 0.396 e. The fourth-order valence-electron chi connectivity index (χ4n) is 1.50. The Kier molecular flexibility index (Phi) is 3.89. The van der Waals surface area contributed by atoms with Crippen LogP contribution < -0.4 is 0 Å². The van der Waals surface area contributed by atoms with Gasteiger partial charge in [-0.15, -0.1) is 0 Å². The van der Waals surface area contributed by atoms with E-state index in [-0.39, 0.29) is 18.6 Å². The van der Waals surface area contributed by atoms with Crippen molar-refractivity contribution in [3.05, 3.63) is 0 Å². The maximum atomic E-state index is 11.3. The lowest BCUT2D eigenvalue weighted by Crippen LogP contribution is -2.37. The summed E-state index contributed by atoms with van der Waals surface area (Å²) in [5, 5.41) is 10.3. The Hall–Kier alpha value is -0.393. The number of nitrogens with zero attached hydrogens (tertiary/aromatic N) is 1. The standard InChI is InChI=1S/C8H17NO3Si/c1-13(2)12-9-7(5-6-10)3-4-8(9)11/h7,10,13H,3-6H2,1-2H3. The van der Waals surface area contributed by atoms with Crippen molar-refractivity contribution in [2.75, 3.05) is 6.61 Å². The summed E-state index contributed by atoms with van der Waals surface area (Å²) < 4.78 is 5.50. The van der Waals surface area contributed by atoms with E-state index in [9.17, 15) is 4.79 Å². The monoisotopic (exact) mass is 203 g/mol. The van der Waals surface area contributed by atoms with E-state index in [0.717, 1.165) is 6.42 Å². The zero-order chi connectivity index (χ0) is 9.84. The topological polar surface area (TPSA) is 49.8 Å². The molecule has 0 spiro atoms. The van der Waals surface area contributed by atoms with Crippen molar-refractivity contribution in [3.63, 3.8) is 0 Å². The van der Waals surface area contributed by atoms with E-state index in [4.69, 9.17) is 9.63 Å². The van der Waals surface area contributed by atoms with Crippen LogP contribution in [-0.2, 0) is 9.32 Å². The summed E-state index contributed by atoms with van der Waals surface area (Å²) in [4.78, 5) is 11.3. The van der Waals surface area contributed by atoms with Gasteiger partial charge in [0.25, 0.3) is 0 Å². The van der Waals surface area contributed by atoms with Crippen molar-refractivity contribution in [3.8, 4) is 0 Å². The molecule has 0 saturated carbocycles. The Morgan fingerprint density at radius 1 is 1.69 bits per heavy atom. The summed E-state index contributed by atoms with van der Waals surface area (Å²) in [6.45, 7) is 4.18. The average Bonchev–Trinajstić information content (AvgIpc) is 2.36. The smallest absolute Gasteiger partial charge is 0.245 e. The molecule has 1 amide bonds. The first-order valence-electron chi connectivity index (χ1n) is 4.75. The third-order valence-corrected chi connectivity index (χ3v) is 2.70. The third kappa shape index (κ3) is 2.79. The van der Waals surface area contributed by atoms with Crippen molar-refractivity contribution in [2.45, 2.75) is 38.4 Å². The highest BCUT2D eigenvalue weighted by atomic mass is 28.3. The summed E-state index contributed by atoms with van der Waals surface area (Å²) >= 11 is 0. The highest BCUT2D eigenvalue weighted by Gasteiger charge is 2.31. The first-order chi connectivity index (χ1) is 6.15. The molecule has 0 bridgehead atoms. The van der Waals surface area contributed by atoms with Gasteiger partial charge >= 0.3 is 0 Å². The molecule has 5 heteroatoms. The summed E-state index contributed by atoms with van der Waals surface area (Å²) in [5.41, 5.74) is 0. The minimum absolute atomic E-state index is 0.0691. The molecule has 0 aromatic carbocycles. The van der Waals surface area contributed by atoms with Gasteiger partial charge in [-0.2, -0.15) is 0 Å². The lowest BCUT2D eigenvalue weighted by atomic mass is 10.2. The van der Waals surface area contributed by atoms with Crippen LogP contribution in [0.5, 0.6) is 0 Å². The molecular weight excluding hydrogens is 186 g/mol. The van der Waals surface area contributed by atoms with Crippen LogP contribution >= 0.6 is 0 Å². The number of hydrogen-bond donors (Lipinski definition) is 1. The van der Waals surface area contributed by atoms with Gasteiger partial charge in [0.05, 0.1) is 6.04 Å². The molecule has 76 valence electrons. The van der Waals surface area contributed by atoms with Gasteiger partial charge in [-0.3, -0.25) is 4.79 Å². The first kappa shape index (κ1) is 10.7. The highest BCUT2D eigenvalue weighted by Crippen LogP contribution is 2.21. The minimum atomic E-state index is -1.20. The molecule has 4 nitrogen and oxygen atoms in total. The number of hydroxylamine groups is 2. The molecule has 13 heavy (non-hydrogen) atoms. The molecule has 1 atom stereocenters. The number of carbonyl (C=O) groups excluding carboxylic acids is 1. The van der Waals surface area contributed by atoms with Crippen LogP contribution in [0.1, 0.15) is 19.3 Å². The first-order valence-corrected chi connectivity index (χ1v) is 7.53. The second kappa shape index (κ2) is 4.73. The molecule has 0 aromatic heterocycles. The van der Waals surface area contributed by atoms with Gasteiger partial charge in [0.1, 0.15) is 0 Å². The average molecular weight is 203 g/mol. The van der Waals surface area contributed by atoms with Crippen molar-refractivity contribution in [1.82, 2.24) is 5.06 Å². The molecule has 1 heterocycles. The van der Waals surface area contributed by atoms with E-state index in [2.05, 4.69) is 0 Å². The minimum Gasteiger partial charge on any atom is -0.396 e. The lowest BCUT2D eigenvalue weighted by molar-refractivity contribution is -0.158. The second-order valence-electron chi connectivity index (χ2n) is 3.58. The summed E-state index contributed by atoms with van der Waals surface area (Å²) in [6.07, 6.45) is 2.01. The highest BCUT2D eigenvalue weighted by molar-refractivity contribution is 6.48. The van der Waals surface area contributed by atoms with Gasteiger partial charge in [-0.05, 0) is 25.9 Å². The molecule has 1 rings (SSSR count). The van der Waals surface area contributed by atoms with E-state index < -0.39 is 9.04 Å². The van der Waals surface area contributed by atoms with Crippen LogP contribution in [0.15, 0.2) is 0 Å². The molecule has 0 aliphatic carbocycles. The van der Waals surface area contributed by atoms with Gasteiger partial charge in [0, 0.05) is 13.0 Å². The van der Waals surface area contributed by atoms with Crippen molar-refractivity contribution >= 4 is 14.9 Å². The van der Waals surface area contributed by atoms with E-state index in [1.54, 1.807) is 0 Å². The number of rotatable bonds is 4. The molecule has 1 saturated heterocycles. The van der Waals surface area contributed by atoms with E-state index in [0.29, 0.717) is 12.8 Å². The predicted octanol–water partition coefficient (Wildman–Crippen LogP) is 0.275. The SMILES string of the molecule is C[SiH](C)ON1C(=O)CCC1CCO. The van der Waals surface area contributed by atoms with Gasteiger partial charge in [0.2, 0.25) is 14.9 Å². The Morgan fingerprint density at radius 3 is 2.92 bits per heavy atom. The number of aliphatic hydroxyl groups is 1. The second-order valence-corrected chi connectivity index (χ2v) is 5.89. The zero-order valence-electron chi connectivity index (χ0n) is 8.19. The Bertz CT molecular complexity index is 186. The summed E-state index contributed by atoms with van der Waals surface area (Å²) in [7, 11) is -1.20. The molecule has 1 N–H and O–H groups in total. The summed E-state index contributed by atoms with van der Waals surface area (Å²) in [5.74, 6) is 0.0691. The van der Waals surface area contributed by atoms with E-state index in [1.165, 1.54) is 5.06 Å². The van der Waals surface area contributed by atoms with Gasteiger partial charge in [-0.1, -0.05) is 0 Å². The van der Waals surface area contributed by atoms with Crippen LogP contribution in [0, 0.1) is 0 Å². The number of carbonyl (C=O) groups is 1. The van der Waals surface area contributed by atoms with Gasteiger partial charge in [0.15, 0.2) is 0 Å². The van der Waals surface area contributed by atoms with Gasteiger partial charge < -0.3 is 9.63 Å². The fourth-order valence-corrected chi connectivity index (χ4v) is 2.25. The van der Waals surface area contributed by atoms with E-state index in [1.807, 2.05) is 13.1 Å². The van der Waals surface area contributed by atoms with Crippen LogP contribution in [0.25, 0.3) is 0 Å². The number of aliphatic hydroxyl groups excluding tert-OH is 1. The van der Waals surface area contributed by atoms with Crippen LogP contribution in [0.2, 0.25) is 13.1 Å². The molecule has 0 radical (unpaired) electrons. The Morgan fingerprint density at radius 2 is 2.38 bits per heavy atom. The molecule has 1 aliphatic heterocycles. The molecular formula is C8H17NO3Si. The van der Waals surface area contributed by atoms with Crippen molar-refractivity contribution in [2.24, 2.45) is 0 Å². The predicted molar refractivity (Wildman–Crippen MR) is 51.5 cm³/mol.